The molecule has 0 saturated carbocycles. The molecule has 3 nitrogen and oxygen atoms in total. The van der Waals surface area contributed by atoms with Gasteiger partial charge < -0.3 is 15.7 Å². The Balaban J connectivity index is 3.07. The van der Waals surface area contributed by atoms with Gasteiger partial charge in [0.05, 0.1) is 12.2 Å². The van der Waals surface area contributed by atoms with Crippen LogP contribution in [0.2, 0.25) is 0 Å². The third kappa shape index (κ3) is 2.79. The van der Waals surface area contributed by atoms with E-state index >= 15 is 0 Å². The molecule has 0 atom stereocenters. The van der Waals surface area contributed by atoms with Crippen LogP contribution in [0.5, 0.6) is 0 Å². The van der Waals surface area contributed by atoms with Crippen LogP contribution in [-0.4, -0.2) is 25.3 Å². The summed E-state index contributed by atoms with van der Waals surface area (Å²) in [5, 5.41) is 8.69. The average molecular weight is 234 g/mol. The Kier molecular flexibility index (Phi) is 3.64. The Hall–Kier alpha value is -1.43. The molecule has 3 N–H and O–H groups in total. The fraction of sp³-hybridized carbons (Fsp3) is 0.400. The molecule has 0 fully saturated rings. The molecular formula is C10H13F3N2O. The van der Waals surface area contributed by atoms with Gasteiger partial charge in [-0.15, -0.1) is 0 Å². The van der Waals surface area contributed by atoms with Crippen LogP contribution >= 0.6 is 0 Å². The van der Waals surface area contributed by atoms with Gasteiger partial charge in [0.2, 0.25) is 0 Å². The molecule has 1 aromatic carbocycles. The van der Waals surface area contributed by atoms with Crippen LogP contribution in [0.3, 0.4) is 0 Å². The van der Waals surface area contributed by atoms with Gasteiger partial charge in [-0.25, -0.2) is 0 Å². The first-order valence-electron chi connectivity index (χ1n) is 4.65. The van der Waals surface area contributed by atoms with Crippen LogP contribution < -0.4 is 10.6 Å². The maximum absolute atomic E-state index is 12.5. The molecule has 1 aromatic rings. The van der Waals surface area contributed by atoms with Gasteiger partial charge in [-0.05, 0) is 18.2 Å². The van der Waals surface area contributed by atoms with Gasteiger partial charge >= 0.3 is 6.18 Å². The minimum Gasteiger partial charge on any atom is -0.398 e. The molecule has 0 saturated heterocycles. The SMILES string of the molecule is CN(CCO)c1ccc(N)c(C(F)(F)F)c1. The van der Waals surface area contributed by atoms with Crippen molar-refractivity contribution in [2.24, 2.45) is 0 Å². The summed E-state index contributed by atoms with van der Waals surface area (Å²) in [5.74, 6) is 0. The van der Waals surface area contributed by atoms with Crippen molar-refractivity contribution in [2.45, 2.75) is 6.18 Å². The van der Waals surface area contributed by atoms with E-state index in [4.69, 9.17) is 10.8 Å². The summed E-state index contributed by atoms with van der Waals surface area (Å²) in [6, 6.07) is 3.68. The quantitative estimate of drug-likeness (QED) is 0.783. The summed E-state index contributed by atoms with van der Waals surface area (Å²) in [5.41, 5.74) is 4.48. The van der Waals surface area contributed by atoms with E-state index in [1.807, 2.05) is 0 Å². The Morgan fingerprint density at radius 1 is 1.38 bits per heavy atom. The second-order valence-electron chi connectivity index (χ2n) is 3.41. The number of alkyl halides is 3. The lowest BCUT2D eigenvalue weighted by Gasteiger charge is -2.20. The number of benzene rings is 1. The van der Waals surface area contributed by atoms with Crippen molar-refractivity contribution in [1.82, 2.24) is 0 Å². The Morgan fingerprint density at radius 2 is 2.00 bits per heavy atom. The molecule has 0 aromatic heterocycles. The smallest absolute Gasteiger partial charge is 0.398 e. The zero-order valence-electron chi connectivity index (χ0n) is 8.75. The number of halogens is 3. The standard InChI is InChI=1S/C10H13F3N2O/c1-15(4-5-16)7-2-3-9(14)8(6-7)10(11,12)13/h2-3,6,16H,4-5,14H2,1H3. The first-order chi connectivity index (χ1) is 7.36. The molecule has 0 aliphatic carbocycles. The number of hydrogen-bond acceptors (Lipinski definition) is 3. The van der Waals surface area contributed by atoms with Crippen LogP contribution in [-0.2, 0) is 6.18 Å². The van der Waals surface area contributed by atoms with E-state index in [2.05, 4.69) is 0 Å². The van der Waals surface area contributed by atoms with Crippen molar-refractivity contribution in [3.8, 4) is 0 Å². The van der Waals surface area contributed by atoms with E-state index in [-0.39, 0.29) is 18.8 Å². The molecule has 1 rings (SSSR count). The lowest BCUT2D eigenvalue weighted by atomic mass is 10.1. The van der Waals surface area contributed by atoms with Crippen molar-refractivity contribution in [2.75, 3.05) is 30.8 Å². The molecule has 0 aliphatic rings. The van der Waals surface area contributed by atoms with Crippen molar-refractivity contribution >= 4 is 11.4 Å². The second kappa shape index (κ2) is 4.61. The fourth-order valence-electron chi connectivity index (χ4n) is 1.31. The Bertz CT molecular complexity index is 366. The molecule has 0 bridgehead atoms. The topological polar surface area (TPSA) is 49.5 Å². The van der Waals surface area contributed by atoms with E-state index < -0.39 is 11.7 Å². The van der Waals surface area contributed by atoms with Crippen LogP contribution in [0.1, 0.15) is 5.56 Å². The minimum absolute atomic E-state index is 0.123. The molecule has 90 valence electrons. The van der Waals surface area contributed by atoms with Crippen molar-refractivity contribution in [1.29, 1.82) is 0 Å². The Labute approximate surface area is 91.3 Å². The van der Waals surface area contributed by atoms with Crippen LogP contribution in [0.4, 0.5) is 24.5 Å². The maximum Gasteiger partial charge on any atom is 0.418 e. The molecule has 0 radical (unpaired) electrons. The van der Waals surface area contributed by atoms with Crippen LogP contribution in [0.15, 0.2) is 18.2 Å². The van der Waals surface area contributed by atoms with E-state index in [0.717, 1.165) is 6.07 Å². The summed E-state index contributed by atoms with van der Waals surface area (Å²) in [7, 11) is 1.60. The maximum atomic E-state index is 12.5. The summed E-state index contributed by atoms with van der Waals surface area (Å²) in [4.78, 5) is 1.52. The monoisotopic (exact) mass is 234 g/mol. The third-order valence-electron chi connectivity index (χ3n) is 2.22. The molecule has 0 spiro atoms. The van der Waals surface area contributed by atoms with Gasteiger partial charge in [0.1, 0.15) is 0 Å². The molecule has 0 amide bonds. The van der Waals surface area contributed by atoms with Gasteiger partial charge in [-0.1, -0.05) is 0 Å². The first-order valence-corrected chi connectivity index (χ1v) is 4.65. The molecule has 0 heterocycles. The zero-order chi connectivity index (χ0) is 12.3. The highest BCUT2D eigenvalue weighted by molar-refractivity contribution is 5.59. The van der Waals surface area contributed by atoms with Gasteiger partial charge in [0, 0.05) is 25.0 Å². The highest BCUT2D eigenvalue weighted by Crippen LogP contribution is 2.35. The lowest BCUT2D eigenvalue weighted by Crippen LogP contribution is -2.22. The summed E-state index contributed by atoms with van der Waals surface area (Å²) in [6.07, 6.45) is -4.46. The molecule has 0 aliphatic heterocycles. The first kappa shape index (κ1) is 12.6. The molecule has 0 unspecified atom stereocenters. The number of aliphatic hydroxyl groups excluding tert-OH is 1. The van der Waals surface area contributed by atoms with Crippen molar-refractivity contribution < 1.29 is 18.3 Å². The molecule has 6 heteroatoms. The number of anilines is 2. The third-order valence-corrected chi connectivity index (χ3v) is 2.22. The van der Waals surface area contributed by atoms with Gasteiger partial charge in [0.15, 0.2) is 0 Å². The van der Waals surface area contributed by atoms with E-state index in [0.29, 0.717) is 5.69 Å². The van der Waals surface area contributed by atoms with Crippen molar-refractivity contribution in [3.63, 3.8) is 0 Å². The van der Waals surface area contributed by atoms with Crippen molar-refractivity contribution in [3.05, 3.63) is 23.8 Å². The number of aliphatic hydroxyl groups is 1. The van der Waals surface area contributed by atoms with E-state index in [9.17, 15) is 13.2 Å². The number of hydrogen-bond donors (Lipinski definition) is 2. The minimum atomic E-state index is -4.46. The number of rotatable bonds is 3. The molecular weight excluding hydrogens is 221 g/mol. The highest BCUT2D eigenvalue weighted by Gasteiger charge is 2.33. The predicted octanol–water partition coefficient (Wildman–Crippen LogP) is 1.72. The summed E-state index contributed by atoms with van der Waals surface area (Å²) in [6.45, 7) is 0.142. The average Bonchev–Trinajstić information content (AvgIpc) is 2.16. The molecule has 16 heavy (non-hydrogen) atoms. The van der Waals surface area contributed by atoms with Crippen LogP contribution in [0.25, 0.3) is 0 Å². The second-order valence-corrected chi connectivity index (χ2v) is 3.41. The van der Waals surface area contributed by atoms with Gasteiger partial charge in [0.25, 0.3) is 0 Å². The zero-order valence-corrected chi connectivity index (χ0v) is 8.75. The highest BCUT2D eigenvalue weighted by atomic mass is 19.4. The summed E-state index contributed by atoms with van der Waals surface area (Å²) >= 11 is 0. The normalized spacial score (nSPS) is 11.6. The predicted molar refractivity (Wildman–Crippen MR) is 56.2 cm³/mol. The van der Waals surface area contributed by atoms with E-state index in [1.54, 1.807) is 7.05 Å². The number of nitrogen functional groups attached to an aromatic ring is 1. The Morgan fingerprint density at radius 3 is 2.50 bits per heavy atom. The van der Waals surface area contributed by atoms with Crippen LogP contribution in [0, 0.1) is 0 Å². The van der Waals surface area contributed by atoms with E-state index in [1.165, 1.54) is 17.0 Å². The number of nitrogens with two attached hydrogens (primary N) is 1. The fourth-order valence-corrected chi connectivity index (χ4v) is 1.31. The largest absolute Gasteiger partial charge is 0.418 e. The number of nitrogens with zero attached hydrogens (tertiary/aromatic N) is 1. The van der Waals surface area contributed by atoms with Gasteiger partial charge in [-0.2, -0.15) is 13.2 Å². The lowest BCUT2D eigenvalue weighted by molar-refractivity contribution is -0.136. The number of likely N-dealkylation sites (N-methyl/N-ethyl adjacent to an activating group) is 1. The summed E-state index contributed by atoms with van der Waals surface area (Å²) < 4.78 is 37.6. The van der Waals surface area contributed by atoms with Gasteiger partial charge in [-0.3, -0.25) is 0 Å².